The molecule has 1 atom stereocenters. The molecule has 1 unspecified atom stereocenters. The second-order valence-electron chi connectivity index (χ2n) is 4.41. The number of carbonyl (C=O) groups excluding carboxylic acids is 1. The minimum Gasteiger partial charge on any atom is -0.322 e. The third-order valence-corrected chi connectivity index (χ3v) is 3.70. The maximum Gasteiger partial charge on any atom is 0.244 e. The minimum atomic E-state index is -0.525. The molecule has 1 aromatic carbocycles. The van der Waals surface area contributed by atoms with Crippen LogP contribution in [0, 0.1) is 0 Å². The van der Waals surface area contributed by atoms with Crippen molar-refractivity contribution in [2.45, 2.75) is 25.3 Å². The van der Waals surface area contributed by atoms with Gasteiger partial charge < -0.3 is 10.6 Å². The van der Waals surface area contributed by atoms with E-state index < -0.39 is 5.54 Å². The van der Waals surface area contributed by atoms with Crippen molar-refractivity contribution in [1.82, 2.24) is 5.32 Å². The molecule has 2 N–H and O–H groups in total. The number of benzene rings is 1. The first-order valence-corrected chi connectivity index (χ1v) is 6.29. The molecule has 1 aliphatic rings. The molecule has 3 nitrogen and oxygen atoms in total. The largest absolute Gasteiger partial charge is 0.322 e. The first kappa shape index (κ1) is 12.7. The fourth-order valence-electron chi connectivity index (χ4n) is 1.96. The molecule has 0 radical (unpaired) electrons. The molecule has 1 amide bonds. The Kier molecular flexibility index (Phi) is 3.61. The van der Waals surface area contributed by atoms with Crippen molar-refractivity contribution in [2.75, 3.05) is 11.9 Å². The highest BCUT2D eigenvalue weighted by Gasteiger charge is 2.36. The number of rotatable bonds is 2. The van der Waals surface area contributed by atoms with Gasteiger partial charge in [0.2, 0.25) is 5.91 Å². The summed E-state index contributed by atoms with van der Waals surface area (Å²) in [5, 5.41) is 6.89. The smallest absolute Gasteiger partial charge is 0.244 e. The fraction of sp³-hybridized carbons (Fsp3) is 0.417. The molecule has 0 spiro atoms. The van der Waals surface area contributed by atoms with Gasteiger partial charge in [-0.05, 0) is 38.4 Å². The van der Waals surface area contributed by atoms with Crippen LogP contribution in [0.4, 0.5) is 5.69 Å². The second-order valence-corrected chi connectivity index (χ2v) is 5.23. The van der Waals surface area contributed by atoms with Crippen LogP contribution < -0.4 is 10.6 Å². The van der Waals surface area contributed by atoms with E-state index in [1.165, 1.54) is 0 Å². The van der Waals surface area contributed by atoms with E-state index in [9.17, 15) is 4.79 Å². The lowest BCUT2D eigenvalue weighted by Gasteiger charge is -2.23. The van der Waals surface area contributed by atoms with Crippen molar-refractivity contribution in [2.24, 2.45) is 0 Å². The molecule has 92 valence electrons. The monoisotopic (exact) mass is 272 g/mol. The van der Waals surface area contributed by atoms with E-state index in [1.807, 2.05) is 6.92 Å². The summed E-state index contributed by atoms with van der Waals surface area (Å²) in [4.78, 5) is 12.2. The van der Waals surface area contributed by atoms with Crippen molar-refractivity contribution >= 4 is 34.8 Å². The first-order valence-electron chi connectivity index (χ1n) is 5.53. The van der Waals surface area contributed by atoms with Gasteiger partial charge >= 0.3 is 0 Å². The second kappa shape index (κ2) is 4.84. The van der Waals surface area contributed by atoms with E-state index in [0.29, 0.717) is 15.7 Å². The zero-order valence-electron chi connectivity index (χ0n) is 9.52. The number of hydrogen-bond acceptors (Lipinski definition) is 2. The molecule has 1 heterocycles. The number of para-hydroxylation sites is 1. The highest BCUT2D eigenvalue weighted by Crippen LogP contribution is 2.31. The molecule has 0 bridgehead atoms. The van der Waals surface area contributed by atoms with Crippen LogP contribution in [0.5, 0.6) is 0 Å². The summed E-state index contributed by atoms with van der Waals surface area (Å²) in [5.74, 6) is -0.0926. The Morgan fingerprint density at radius 2 is 2.06 bits per heavy atom. The van der Waals surface area contributed by atoms with Gasteiger partial charge in [-0.3, -0.25) is 4.79 Å². The lowest BCUT2D eigenvalue weighted by molar-refractivity contribution is -0.121. The molecular weight excluding hydrogens is 259 g/mol. The van der Waals surface area contributed by atoms with Crippen LogP contribution in [0.2, 0.25) is 10.0 Å². The third kappa shape index (κ3) is 2.57. The average molecular weight is 273 g/mol. The highest BCUT2D eigenvalue weighted by molar-refractivity contribution is 6.39. The highest BCUT2D eigenvalue weighted by atomic mass is 35.5. The molecule has 1 aliphatic heterocycles. The maximum atomic E-state index is 12.2. The van der Waals surface area contributed by atoms with Crippen molar-refractivity contribution in [3.8, 4) is 0 Å². The van der Waals surface area contributed by atoms with Crippen LogP contribution in [-0.2, 0) is 4.79 Å². The predicted molar refractivity (Wildman–Crippen MR) is 70.7 cm³/mol. The third-order valence-electron chi connectivity index (χ3n) is 3.07. The van der Waals surface area contributed by atoms with E-state index in [0.717, 1.165) is 19.4 Å². The Hall–Kier alpha value is -0.770. The van der Waals surface area contributed by atoms with Crippen molar-refractivity contribution < 1.29 is 4.79 Å². The van der Waals surface area contributed by atoms with Gasteiger partial charge in [0.05, 0.1) is 21.3 Å². The van der Waals surface area contributed by atoms with Crippen molar-refractivity contribution in [1.29, 1.82) is 0 Å². The number of anilines is 1. The van der Waals surface area contributed by atoms with Crippen LogP contribution in [0.1, 0.15) is 19.8 Å². The molecule has 1 fully saturated rings. The van der Waals surface area contributed by atoms with Crippen LogP contribution in [0.15, 0.2) is 18.2 Å². The summed E-state index contributed by atoms with van der Waals surface area (Å²) in [7, 11) is 0. The molecule has 5 heteroatoms. The zero-order valence-corrected chi connectivity index (χ0v) is 11.0. The molecule has 1 aromatic rings. The van der Waals surface area contributed by atoms with E-state index in [2.05, 4.69) is 10.6 Å². The molecule has 1 saturated heterocycles. The fourth-order valence-corrected chi connectivity index (χ4v) is 2.45. The van der Waals surface area contributed by atoms with E-state index >= 15 is 0 Å². The van der Waals surface area contributed by atoms with Crippen molar-refractivity contribution in [3.63, 3.8) is 0 Å². The van der Waals surface area contributed by atoms with Crippen LogP contribution in [0.3, 0.4) is 0 Å². The quantitative estimate of drug-likeness (QED) is 0.869. The molecule has 0 aromatic heterocycles. The molecule has 2 rings (SSSR count). The molecule has 17 heavy (non-hydrogen) atoms. The van der Waals surface area contributed by atoms with Gasteiger partial charge in [0.1, 0.15) is 0 Å². The first-order chi connectivity index (χ1) is 8.03. The summed E-state index contributed by atoms with van der Waals surface area (Å²) in [6.45, 7) is 2.75. The van der Waals surface area contributed by atoms with Gasteiger partial charge in [0.15, 0.2) is 0 Å². The van der Waals surface area contributed by atoms with Crippen LogP contribution in [-0.4, -0.2) is 18.0 Å². The summed E-state index contributed by atoms with van der Waals surface area (Å²) in [6, 6.07) is 5.15. The van der Waals surface area contributed by atoms with Crippen molar-refractivity contribution in [3.05, 3.63) is 28.2 Å². The number of amides is 1. The van der Waals surface area contributed by atoms with E-state index in [4.69, 9.17) is 23.2 Å². The maximum absolute atomic E-state index is 12.2. The standard InChI is InChI=1S/C12H14Cl2N2O/c1-12(6-3-7-15-12)11(17)16-10-8(13)4-2-5-9(10)14/h2,4-5,15H,3,6-7H2,1H3,(H,16,17). The van der Waals surface area contributed by atoms with Gasteiger partial charge in [-0.1, -0.05) is 29.3 Å². The summed E-state index contributed by atoms with van der Waals surface area (Å²) in [5.41, 5.74) is -0.0431. The normalized spacial score (nSPS) is 23.7. The van der Waals surface area contributed by atoms with Gasteiger partial charge in [0.25, 0.3) is 0 Å². The number of halogens is 2. The molecule has 0 saturated carbocycles. The van der Waals surface area contributed by atoms with Crippen LogP contribution >= 0.6 is 23.2 Å². The Balaban J connectivity index is 2.18. The SMILES string of the molecule is CC1(C(=O)Nc2c(Cl)cccc2Cl)CCCN1. The Labute approximate surface area is 110 Å². The average Bonchev–Trinajstić information content (AvgIpc) is 2.72. The number of hydrogen-bond donors (Lipinski definition) is 2. The minimum absolute atomic E-state index is 0.0926. The Bertz CT molecular complexity index is 422. The number of carbonyl (C=O) groups is 1. The van der Waals surface area contributed by atoms with E-state index in [1.54, 1.807) is 18.2 Å². The molecular formula is C12H14Cl2N2O. The van der Waals surface area contributed by atoms with Gasteiger partial charge in [-0.25, -0.2) is 0 Å². The lowest BCUT2D eigenvalue weighted by atomic mass is 9.99. The van der Waals surface area contributed by atoms with Gasteiger partial charge in [-0.2, -0.15) is 0 Å². The number of nitrogens with one attached hydrogen (secondary N) is 2. The van der Waals surface area contributed by atoms with Gasteiger partial charge in [0, 0.05) is 0 Å². The Morgan fingerprint density at radius 3 is 2.59 bits per heavy atom. The summed E-state index contributed by atoms with van der Waals surface area (Å²) >= 11 is 12.0. The molecule has 0 aliphatic carbocycles. The zero-order chi connectivity index (χ0) is 12.5. The van der Waals surface area contributed by atoms with Crippen LogP contribution in [0.25, 0.3) is 0 Å². The lowest BCUT2D eigenvalue weighted by Crippen LogP contribution is -2.48. The summed E-state index contributed by atoms with van der Waals surface area (Å²) < 4.78 is 0. The predicted octanol–water partition coefficient (Wildman–Crippen LogP) is 3.07. The van der Waals surface area contributed by atoms with Gasteiger partial charge in [-0.15, -0.1) is 0 Å². The van der Waals surface area contributed by atoms with E-state index in [-0.39, 0.29) is 5.91 Å². The summed E-state index contributed by atoms with van der Waals surface area (Å²) in [6.07, 6.45) is 1.82. The Morgan fingerprint density at radius 1 is 1.41 bits per heavy atom. The topological polar surface area (TPSA) is 41.1 Å².